The molecule has 0 saturated heterocycles. The Balaban J connectivity index is 2.23. The van der Waals surface area contributed by atoms with Crippen molar-refractivity contribution < 1.29 is 23.0 Å². The number of methoxy groups -OCH3 is 1. The molecule has 1 atom stereocenters. The van der Waals surface area contributed by atoms with Crippen molar-refractivity contribution >= 4 is 6.21 Å². The molecule has 23 heavy (non-hydrogen) atoms. The summed E-state index contributed by atoms with van der Waals surface area (Å²) in [7, 11) is 1.50. The molecule has 0 unspecified atom stereocenters. The fraction of sp³-hybridized carbons (Fsp3) is 0.235. The summed E-state index contributed by atoms with van der Waals surface area (Å²) in [5.74, 6) is 0.571. The van der Waals surface area contributed by atoms with Gasteiger partial charge in [0.2, 0.25) is 0 Å². The number of aliphatic imine (C=N–C) groups is 1. The van der Waals surface area contributed by atoms with Crippen LogP contribution in [0.3, 0.4) is 0 Å². The van der Waals surface area contributed by atoms with Crippen LogP contribution >= 0.6 is 0 Å². The third-order valence-electron chi connectivity index (χ3n) is 3.37. The smallest absolute Gasteiger partial charge is 0.416 e. The van der Waals surface area contributed by atoms with Gasteiger partial charge in [-0.05, 0) is 42.8 Å². The minimum atomic E-state index is -4.38. The van der Waals surface area contributed by atoms with Gasteiger partial charge in [-0.2, -0.15) is 13.2 Å². The zero-order valence-electron chi connectivity index (χ0n) is 12.6. The molecule has 2 aromatic carbocycles. The van der Waals surface area contributed by atoms with Crippen LogP contribution in [0, 0.1) is 0 Å². The zero-order valence-corrected chi connectivity index (χ0v) is 12.6. The molecular formula is C17H16F3NO2. The summed E-state index contributed by atoms with van der Waals surface area (Å²) >= 11 is 0. The van der Waals surface area contributed by atoms with Crippen molar-refractivity contribution in [3.05, 3.63) is 59.2 Å². The molecule has 0 radical (unpaired) electrons. The lowest BCUT2D eigenvalue weighted by molar-refractivity contribution is -0.137. The summed E-state index contributed by atoms with van der Waals surface area (Å²) in [6.07, 6.45) is -2.96. The Labute approximate surface area is 132 Å². The summed E-state index contributed by atoms with van der Waals surface area (Å²) in [6.45, 7) is 1.68. The van der Waals surface area contributed by atoms with Crippen LogP contribution < -0.4 is 4.74 Å². The van der Waals surface area contributed by atoms with Crippen LogP contribution in [0.5, 0.6) is 11.5 Å². The van der Waals surface area contributed by atoms with Crippen molar-refractivity contribution in [2.75, 3.05) is 7.11 Å². The molecule has 0 aromatic heterocycles. The van der Waals surface area contributed by atoms with Gasteiger partial charge < -0.3 is 9.84 Å². The minimum Gasteiger partial charge on any atom is -0.507 e. The highest BCUT2D eigenvalue weighted by molar-refractivity contribution is 5.84. The quantitative estimate of drug-likeness (QED) is 0.836. The maximum absolute atomic E-state index is 12.7. The number of halogens is 3. The Kier molecular flexibility index (Phi) is 4.93. The molecule has 3 nitrogen and oxygen atoms in total. The fourth-order valence-corrected chi connectivity index (χ4v) is 2.02. The Morgan fingerprint density at radius 1 is 1.17 bits per heavy atom. The van der Waals surface area contributed by atoms with Gasteiger partial charge in [0, 0.05) is 11.8 Å². The Morgan fingerprint density at radius 2 is 1.91 bits per heavy atom. The molecule has 1 N–H and O–H groups in total. The fourth-order valence-electron chi connectivity index (χ4n) is 2.02. The van der Waals surface area contributed by atoms with Gasteiger partial charge in [-0.15, -0.1) is 0 Å². The van der Waals surface area contributed by atoms with E-state index in [-0.39, 0.29) is 5.75 Å². The van der Waals surface area contributed by atoms with E-state index < -0.39 is 17.8 Å². The molecule has 122 valence electrons. The van der Waals surface area contributed by atoms with E-state index >= 15 is 0 Å². The minimum absolute atomic E-state index is 0.0193. The number of ether oxygens (including phenoxy) is 1. The monoisotopic (exact) mass is 323 g/mol. The van der Waals surface area contributed by atoms with Crippen molar-refractivity contribution in [3.63, 3.8) is 0 Å². The lowest BCUT2D eigenvalue weighted by atomic mass is 10.1. The van der Waals surface area contributed by atoms with Crippen LogP contribution in [0.1, 0.15) is 29.7 Å². The first-order valence-corrected chi connectivity index (χ1v) is 6.88. The number of phenolic OH excluding ortho intramolecular Hbond substituents is 1. The van der Waals surface area contributed by atoms with Crippen molar-refractivity contribution in [1.29, 1.82) is 0 Å². The predicted molar refractivity (Wildman–Crippen MR) is 82.1 cm³/mol. The zero-order chi connectivity index (χ0) is 17.0. The SMILES string of the molecule is COc1ccc(O)c(C=N[C@H](C)c2cccc(C(F)(F)F)c2)c1. The summed E-state index contributed by atoms with van der Waals surface area (Å²) < 4.78 is 43.3. The number of alkyl halides is 3. The standard InChI is InChI=1S/C17H16F3NO2/c1-11(12-4-3-5-14(8-12)17(18,19)20)21-10-13-9-15(23-2)6-7-16(13)22/h3-11,22H,1-2H3/t11-/m1/s1. The average molecular weight is 323 g/mol. The molecule has 0 aliphatic heterocycles. The predicted octanol–water partition coefficient (Wildman–Crippen LogP) is 4.60. The van der Waals surface area contributed by atoms with Crippen LogP contribution in [0.4, 0.5) is 13.2 Å². The maximum Gasteiger partial charge on any atom is 0.416 e. The van der Waals surface area contributed by atoms with Crippen LogP contribution in [0.15, 0.2) is 47.5 Å². The summed E-state index contributed by atoms with van der Waals surface area (Å²) in [6, 6.07) is 9.22. The number of aromatic hydroxyl groups is 1. The summed E-state index contributed by atoms with van der Waals surface area (Å²) in [4.78, 5) is 4.22. The Morgan fingerprint density at radius 3 is 2.57 bits per heavy atom. The van der Waals surface area contributed by atoms with Crippen LogP contribution in [-0.4, -0.2) is 18.4 Å². The number of hydrogen-bond donors (Lipinski definition) is 1. The first-order valence-electron chi connectivity index (χ1n) is 6.88. The molecule has 0 aliphatic rings. The second-order valence-electron chi connectivity index (χ2n) is 5.00. The first kappa shape index (κ1) is 16.9. The van der Waals surface area contributed by atoms with Gasteiger partial charge in [0.25, 0.3) is 0 Å². The second kappa shape index (κ2) is 6.73. The van der Waals surface area contributed by atoms with Crippen molar-refractivity contribution in [1.82, 2.24) is 0 Å². The number of nitrogens with zero attached hydrogens (tertiary/aromatic N) is 1. The van der Waals surface area contributed by atoms with Gasteiger partial charge in [-0.3, -0.25) is 4.99 Å². The highest BCUT2D eigenvalue weighted by Crippen LogP contribution is 2.31. The van der Waals surface area contributed by atoms with Crippen molar-refractivity contribution in [3.8, 4) is 11.5 Å². The number of benzene rings is 2. The third kappa shape index (κ3) is 4.25. The van der Waals surface area contributed by atoms with E-state index in [0.29, 0.717) is 16.9 Å². The topological polar surface area (TPSA) is 41.8 Å². The van der Waals surface area contributed by atoms with E-state index in [9.17, 15) is 18.3 Å². The van der Waals surface area contributed by atoms with Gasteiger partial charge in [0.15, 0.2) is 0 Å². The van der Waals surface area contributed by atoms with Gasteiger partial charge in [0.1, 0.15) is 11.5 Å². The third-order valence-corrected chi connectivity index (χ3v) is 3.37. The molecule has 0 fully saturated rings. The Bertz CT molecular complexity index is 711. The van der Waals surface area contributed by atoms with Gasteiger partial charge in [0.05, 0.1) is 18.7 Å². The van der Waals surface area contributed by atoms with E-state index in [2.05, 4.69) is 4.99 Å². The van der Waals surface area contributed by atoms with E-state index in [1.807, 2.05) is 0 Å². The first-order chi connectivity index (χ1) is 10.8. The second-order valence-corrected chi connectivity index (χ2v) is 5.00. The maximum atomic E-state index is 12.7. The molecule has 2 rings (SSSR count). The molecule has 0 heterocycles. The van der Waals surface area contributed by atoms with Gasteiger partial charge in [-0.1, -0.05) is 12.1 Å². The summed E-state index contributed by atoms with van der Waals surface area (Å²) in [5.41, 5.74) is 0.169. The molecule has 0 bridgehead atoms. The average Bonchev–Trinajstić information content (AvgIpc) is 2.53. The van der Waals surface area contributed by atoms with E-state index in [4.69, 9.17) is 4.74 Å². The van der Waals surface area contributed by atoms with Crippen LogP contribution in [0.2, 0.25) is 0 Å². The highest BCUT2D eigenvalue weighted by atomic mass is 19.4. The van der Waals surface area contributed by atoms with Crippen molar-refractivity contribution in [2.45, 2.75) is 19.1 Å². The highest BCUT2D eigenvalue weighted by Gasteiger charge is 2.30. The summed E-state index contributed by atoms with van der Waals surface area (Å²) in [5, 5.41) is 9.77. The van der Waals surface area contributed by atoms with Crippen molar-refractivity contribution in [2.24, 2.45) is 4.99 Å². The number of phenols is 1. The molecule has 0 amide bonds. The number of rotatable bonds is 4. The number of hydrogen-bond acceptors (Lipinski definition) is 3. The van der Waals surface area contributed by atoms with Gasteiger partial charge >= 0.3 is 6.18 Å². The lowest BCUT2D eigenvalue weighted by Crippen LogP contribution is -2.05. The molecule has 6 heteroatoms. The molecule has 0 aliphatic carbocycles. The molecular weight excluding hydrogens is 307 g/mol. The largest absolute Gasteiger partial charge is 0.507 e. The molecule has 2 aromatic rings. The Hall–Kier alpha value is -2.50. The van der Waals surface area contributed by atoms with Crippen LogP contribution in [0.25, 0.3) is 0 Å². The van der Waals surface area contributed by atoms with E-state index in [1.165, 1.54) is 25.5 Å². The molecule has 0 saturated carbocycles. The normalized spacial score (nSPS) is 13.3. The van der Waals surface area contributed by atoms with E-state index in [1.54, 1.807) is 25.1 Å². The molecule has 0 spiro atoms. The lowest BCUT2D eigenvalue weighted by Gasteiger charge is -2.11. The van der Waals surface area contributed by atoms with Crippen LogP contribution in [-0.2, 0) is 6.18 Å². The van der Waals surface area contributed by atoms with Gasteiger partial charge in [-0.25, -0.2) is 0 Å². The van der Waals surface area contributed by atoms with E-state index in [0.717, 1.165) is 12.1 Å².